The minimum absolute atomic E-state index is 0.766. The zero-order valence-electron chi connectivity index (χ0n) is 16.8. The van der Waals surface area contributed by atoms with E-state index in [0.717, 1.165) is 30.6 Å². The minimum Gasteiger partial charge on any atom is -0.494 e. The van der Waals surface area contributed by atoms with Crippen LogP contribution in [0.3, 0.4) is 0 Å². The van der Waals surface area contributed by atoms with Gasteiger partial charge in [-0.25, -0.2) is 0 Å². The topological polar surface area (TPSA) is 9.23 Å². The molecule has 26 heavy (non-hydrogen) atoms. The predicted molar refractivity (Wildman–Crippen MR) is 113 cm³/mol. The van der Waals surface area contributed by atoms with Gasteiger partial charge in [0, 0.05) is 0 Å². The molecule has 0 unspecified atom stereocenters. The van der Waals surface area contributed by atoms with Crippen molar-refractivity contribution >= 4 is 10.8 Å². The summed E-state index contributed by atoms with van der Waals surface area (Å²) < 4.78 is 5.77. The van der Waals surface area contributed by atoms with E-state index in [2.05, 4.69) is 50.2 Å². The standard InChI is InChI=1S/C25H36O/c1-3-5-6-7-8-20-9-11-21(12-10-20)22-13-14-24-19-25(26-17-4-2)16-15-23(24)18-22/h13-16,18-21H,3-12,17H2,1-2H3. The molecule has 0 spiro atoms. The number of ether oxygens (including phenoxy) is 1. The van der Waals surface area contributed by atoms with Crippen molar-refractivity contribution in [3.8, 4) is 5.75 Å². The first-order chi connectivity index (χ1) is 12.8. The summed E-state index contributed by atoms with van der Waals surface area (Å²) in [5, 5.41) is 2.65. The predicted octanol–water partition coefficient (Wildman–Crippen LogP) is 7.87. The van der Waals surface area contributed by atoms with Crippen molar-refractivity contribution in [1.82, 2.24) is 0 Å². The number of hydrogen-bond donors (Lipinski definition) is 0. The van der Waals surface area contributed by atoms with Gasteiger partial charge in [0.25, 0.3) is 0 Å². The van der Waals surface area contributed by atoms with Gasteiger partial charge in [0.05, 0.1) is 6.61 Å². The highest BCUT2D eigenvalue weighted by Gasteiger charge is 2.22. The monoisotopic (exact) mass is 352 g/mol. The lowest BCUT2D eigenvalue weighted by molar-refractivity contribution is 0.302. The van der Waals surface area contributed by atoms with Gasteiger partial charge in [-0.1, -0.05) is 70.2 Å². The molecule has 0 heterocycles. The van der Waals surface area contributed by atoms with Crippen molar-refractivity contribution in [3.05, 3.63) is 42.0 Å². The van der Waals surface area contributed by atoms with E-state index >= 15 is 0 Å². The highest BCUT2D eigenvalue weighted by atomic mass is 16.5. The summed E-state index contributed by atoms with van der Waals surface area (Å²) in [6.45, 7) is 5.24. The average molecular weight is 353 g/mol. The van der Waals surface area contributed by atoms with Crippen LogP contribution in [-0.4, -0.2) is 6.61 Å². The second kappa shape index (κ2) is 10.00. The third kappa shape index (κ3) is 5.25. The lowest BCUT2D eigenvalue weighted by Crippen LogP contribution is -2.13. The molecule has 3 rings (SSSR count). The van der Waals surface area contributed by atoms with E-state index in [-0.39, 0.29) is 0 Å². The van der Waals surface area contributed by atoms with Gasteiger partial charge in [-0.3, -0.25) is 0 Å². The van der Waals surface area contributed by atoms with E-state index in [9.17, 15) is 0 Å². The Balaban J connectivity index is 1.55. The van der Waals surface area contributed by atoms with Gasteiger partial charge < -0.3 is 4.74 Å². The highest BCUT2D eigenvalue weighted by Crippen LogP contribution is 2.38. The van der Waals surface area contributed by atoms with Gasteiger partial charge in [0.15, 0.2) is 0 Å². The number of benzene rings is 2. The van der Waals surface area contributed by atoms with Gasteiger partial charge in [0.1, 0.15) is 5.75 Å². The van der Waals surface area contributed by atoms with E-state index in [4.69, 9.17) is 4.74 Å². The average Bonchev–Trinajstić information content (AvgIpc) is 2.69. The Morgan fingerprint density at radius 3 is 2.35 bits per heavy atom. The molecule has 0 saturated heterocycles. The van der Waals surface area contributed by atoms with Gasteiger partial charge in [0.2, 0.25) is 0 Å². The summed E-state index contributed by atoms with van der Waals surface area (Å²) in [5.74, 6) is 2.75. The number of rotatable bonds is 9. The normalized spacial score (nSPS) is 20.4. The maximum atomic E-state index is 5.77. The number of hydrogen-bond acceptors (Lipinski definition) is 1. The molecular formula is C25H36O. The lowest BCUT2D eigenvalue weighted by Gasteiger charge is -2.29. The van der Waals surface area contributed by atoms with Crippen LogP contribution in [0, 0.1) is 5.92 Å². The Bertz CT molecular complexity index is 667. The van der Waals surface area contributed by atoms with E-state index in [1.54, 1.807) is 5.56 Å². The Hall–Kier alpha value is -1.50. The van der Waals surface area contributed by atoms with Crippen LogP contribution in [0.25, 0.3) is 10.8 Å². The summed E-state index contributed by atoms with van der Waals surface area (Å²) in [6.07, 6.45) is 13.8. The van der Waals surface area contributed by atoms with Crippen LogP contribution in [0.15, 0.2) is 36.4 Å². The van der Waals surface area contributed by atoms with Crippen LogP contribution in [-0.2, 0) is 0 Å². The Labute approximate surface area is 160 Å². The highest BCUT2D eigenvalue weighted by molar-refractivity contribution is 5.84. The van der Waals surface area contributed by atoms with Crippen LogP contribution in [0.1, 0.15) is 89.5 Å². The molecule has 0 N–H and O–H groups in total. The van der Waals surface area contributed by atoms with E-state index in [1.807, 2.05) is 0 Å². The van der Waals surface area contributed by atoms with Crippen molar-refractivity contribution in [2.24, 2.45) is 5.92 Å². The molecule has 0 amide bonds. The fourth-order valence-corrected chi connectivity index (χ4v) is 4.45. The zero-order valence-corrected chi connectivity index (χ0v) is 16.8. The summed E-state index contributed by atoms with van der Waals surface area (Å²) in [4.78, 5) is 0. The number of unbranched alkanes of at least 4 members (excludes halogenated alkanes) is 3. The van der Waals surface area contributed by atoms with Crippen molar-refractivity contribution in [2.75, 3.05) is 6.61 Å². The molecule has 2 aromatic carbocycles. The van der Waals surface area contributed by atoms with Crippen LogP contribution >= 0.6 is 0 Å². The summed E-state index contributed by atoms with van der Waals surface area (Å²) in [7, 11) is 0. The molecule has 1 aliphatic rings. The Kier molecular flexibility index (Phi) is 7.41. The van der Waals surface area contributed by atoms with Crippen LogP contribution in [0.5, 0.6) is 5.75 Å². The molecular weight excluding hydrogens is 316 g/mol. The van der Waals surface area contributed by atoms with Gasteiger partial charge >= 0.3 is 0 Å². The molecule has 2 aromatic rings. The van der Waals surface area contributed by atoms with E-state index in [0.29, 0.717) is 0 Å². The first-order valence-corrected chi connectivity index (χ1v) is 11.0. The number of fused-ring (bicyclic) bond motifs is 1. The minimum atomic E-state index is 0.766. The smallest absolute Gasteiger partial charge is 0.119 e. The second-order valence-electron chi connectivity index (χ2n) is 8.18. The summed E-state index contributed by atoms with van der Waals surface area (Å²) in [5.41, 5.74) is 1.55. The van der Waals surface area contributed by atoms with Crippen molar-refractivity contribution in [3.63, 3.8) is 0 Å². The first kappa shape index (κ1) is 19.3. The lowest BCUT2D eigenvalue weighted by atomic mass is 9.77. The molecule has 1 nitrogen and oxygen atoms in total. The largest absolute Gasteiger partial charge is 0.494 e. The SMILES string of the molecule is CCCCCCC1CCC(c2ccc3cc(OCCC)ccc3c2)CC1. The van der Waals surface area contributed by atoms with Crippen LogP contribution in [0.4, 0.5) is 0 Å². The quantitative estimate of drug-likeness (QED) is 0.417. The second-order valence-corrected chi connectivity index (χ2v) is 8.18. The van der Waals surface area contributed by atoms with Crippen molar-refractivity contribution < 1.29 is 4.74 Å². The zero-order chi connectivity index (χ0) is 18.2. The first-order valence-electron chi connectivity index (χ1n) is 11.0. The fraction of sp³-hybridized carbons (Fsp3) is 0.600. The molecule has 0 aliphatic heterocycles. The molecule has 0 aromatic heterocycles. The van der Waals surface area contributed by atoms with E-state index < -0.39 is 0 Å². The summed E-state index contributed by atoms with van der Waals surface area (Å²) >= 11 is 0. The fourth-order valence-electron chi connectivity index (χ4n) is 4.45. The molecule has 1 aliphatic carbocycles. The maximum absolute atomic E-state index is 5.77. The Morgan fingerprint density at radius 2 is 1.58 bits per heavy atom. The van der Waals surface area contributed by atoms with Crippen molar-refractivity contribution in [1.29, 1.82) is 0 Å². The molecule has 0 atom stereocenters. The van der Waals surface area contributed by atoms with Gasteiger partial charge in [-0.2, -0.15) is 0 Å². The molecule has 1 saturated carbocycles. The third-order valence-corrected chi connectivity index (χ3v) is 6.09. The maximum Gasteiger partial charge on any atom is 0.119 e. The van der Waals surface area contributed by atoms with Crippen LogP contribution in [0.2, 0.25) is 0 Å². The van der Waals surface area contributed by atoms with Crippen LogP contribution < -0.4 is 4.74 Å². The molecule has 0 bridgehead atoms. The molecule has 1 heteroatoms. The van der Waals surface area contributed by atoms with Crippen molar-refractivity contribution in [2.45, 2.75) is 84.0 Å². The molecule has 0 radical (unpaired) electrons. The van der Waals surface area contributed by atoms with Gasteiger partial charge in [-0.05, 0) is 72.4 Å². The third-order valence-electron chi connectivity index (χ3n) is 6.09. The molecule has 142 valence electrons. The van der Waals surface area contributed by atoms with Gasteiger partial charge in [-0.15, -0.1) is 0 Å². The summed E-state index contributed by atoms with van der Waals surface area (Å²) in [6, 6.07) is 13.6. The molecule has 1 fully saturated rings. The Morgan fingerprint density at radius 1 is 0.808 bits per heavy atom. The van der Waals surface area contributed by atoms with E-state index in [1.165, 1.54) is 68.6 Å².